The summed E-state index contributed by atoms with van der Waals surface area (Å²) in [6.07, 6.45) is 0.842. The van der Waals surface area contributed by atoms with Gasteiger partial charge in [-0.15, -0.1) is 0 Å². The lowest BCUT2D eigenvalue weighted by Gasteiger charge is -2.27. The number of thioether (sulfide) groups is 1. The SMILES string of the molecule is COCCCOc1cc(N)c2[nH]c(C3=NCC(CN4CCS(=O)CC4)S3)cc2c1. The van der Waals surface area contributed by atoms with Crippen molar-refractivity contribution >= 4 is 44.2 Å². The average molecular weight is 437 g/mol. The number of anilines is 1. The second-order valence-corrected chi connectivity index (χ2v) is 10.4. The van der Waals surface area contributed by atoms with E-state index in [1.165, 1.54) is 0 Å². The molecule has 1 aromatic heterocycles. The normalized spacial score (nSPS) is 21.0. The highest BCUT2D eigenvalue weighted by Gasteiger charge is 2.26. The molecule has 0 spiro atoms. The van der Waals surface area contributed by atoms with Crippen LogP contribution in [0.2, 0.25) is 0 Å². The summed E-state index contributed by atoms with van der Waals surface area (Å²) in [4.78, 5) is 10.6. The molecule has 0 radical (unpaired) electrons. The summed E-state index contributed by atoms with van der Waals surface area (Å²) in [5, 5.41) is 2.51. The van der Waals surface area contributed by atoms with Crippen molar-refractivity contribution in [1.82, 2.24) is 9.88 Å². The number of aliphatic imine (C=N–C) groups is 1. The predicted octanol–water partition coefficient (Wildman–Crippen LogP) is 2.09. The first kappa shape index (κ1) is 20.7. The van der Waals surface area contributed by atoms with Crippen molar-refractivity contribution in [2.75, 3.05) is 63.7 Å². The van der Waals surface area contributed by atoms with Crippen LogP contribution >= 0.6 is 11.8 Å². The molecule has 158 valence electrons. The number of nitrogen functional groups attached to an aromatic ring is 1. The van der Waals surface area contributed by atoms with Gasteiger partial charge in [0.2, 0.25) is 0 Å². The summed E-state index contributed by atoms with van der Waals surface area (Å²) in [5.74, 6) is 2.36. The van der Waals surface area contributed by atoms with Crippen LogP contribution in [0.3, 0.4) is 0 Å². The summed E-state index contributed by atoms with van der Waals surface area (Å²) >= 11 is 1.82. The number of H-pyrrole nitrogens is 1. The third kappa shape index (κ3) is 5.14. The fourth-order valence-corrected chi connectivity index (χ4v) is 5.91. The summed E-state index contributed by atoms with van der Waals surface area (Å²) in [6.45, 7) is 4.95. The number of nitrogens with one attached hydrogen (secondary N) is 1. The third-order valence-corrected chi connectivity index (χ3v) is 7.65. The Labute approximate surface area is 177 Å². The molecule has 0 saturated carbocycles. The van der Waals surface area contributed by atoms with E-state index in [2.05, 4.69) is 16.0 Å². The lowest BCUT2D eigenvalue weighted by molar-refractivity contribution is 0.172. The first-order chi connectivity index (χ1) is 14.1. The molecule has 1 atom stereocenters. The van der Waals surface area contributed by atoms with Crippen LogP contribution in [0.15, 0.2) is 23.2 Å². The van der Waals surface area contributed by atoms with Gasteiger partial charge in [0, 0.05) is 78.8 Å². The molecule has 1 saturated heterocycles. The lowest BCUT2D eigenvalue weighted by Crippen LogP contribution is -2.41. The fourth-order valence-electron chi connectivity index (χ4n) is 3.64. The maximum Gasteiger partial charge on any atom is 0.122 e. The van der Waals surface area contributed by atoms with E-state index in [1.54, 1.807) is 7.11 Å². The van der Waals surface area contributed by atoms with E-state index in [0.29, 0.717) is 24.2 Å². The number of benzene rings is 1. The maximum atomic E-state index is 11.5. The van der Waals surface area contributed by atoms with Crippen LogP contribution in [0, 0.1) is 0 Å². The van der Waals surface area contributed by atoms with Crippen LogP contribution in [0.1, 0.15) is 12.1 Å². The summed E-state index contributed by atoms with van der Waals surface area (Å²) < 4.78 is 22.4. The quantitative estimate of drug-likeness (QED) is 0.486. The Bertz CT molecular complexity index is 905. The molecule has 3 heterocycles. The second kappa shape index (κ2) is 9.51. The topological polar surface area (TPSA) is 92.9 Å². The molecule has 0 aliphatic carbocycles. The number of ether oxygens (including phenoxy) is 2. The Morgan fingerprint density at radius 1 is 1.31 bits per heavy atom. The van der Waals surface area contributed by atoms with E-state index < -0.39 is 10.8 Å². The van der Waals surface area contributed by atoms with E-state index in [4.69, 9.17) is 20.2 Å². The third-order valence-electron chi connectivity index (χ3n) is 5.17. The van der Waals surface area contributed by atoms with E-state index in [0.717, 1.165) is 71.5 Å². The van der Waals surface area contributed by atoms with Crippen molar-refractivity contribution < 1.29 is 13.7 Å². The van der Waals surface area contributed by atoms with Crippen LogP contribution < -0.4 is 10.5 Å². The molecule has 0 bridgehead atoms. The van der Waals surface area contributed by atoms with E-state index in [9.17, 15) is 4.21 Å². The van der Waals surface area contributed by atoms with Gasteiger partial charge in [-0.25, -0.2) is 0 Å². The molecule has 7 nitrogen and oxygen atoms in total. The van der Waals surface area contributed by atoms with Gasteiger partial charge in [-0.2, -0.15) is 0 Å². The monoisotopic (exact) mass is 436 g/mol. The van der Waals surface area contributed by atoms with Gasteiger partial charge in [-0.1, -0.05) is 11.8 Å². The van der Waals surface area contributed by atoms with Crippen LogP contribution in [0.25, 0.3) is 10.9 Å². The minimum Gasteiger partial charge on any atom is -0.493 e. The van der Waals surface area contributed by atoms with E-state index >= 15 is 0 Å². The summed E-state index contributed by atoms with van der Waals surface area (Å²) in [5.41, 5.74) is 8.86. The Morgan fingerprint density at radius 2 is 2.14 bits per heavy atom. The highest BCUT2D eigenvalue weighted by atomic mass is 32.2. The number of aromatic nitrogens is 1. The standard InChI is InChI=1S/C20H28N4O3S2/c1-26-5-2-6-27-15-9-14-10-18(23-19(14)17(21)11-15)20-22-12-16(28-20)13-24-3-7-29(25)8-4-24/h9-11,16,23H,2-8,12-13,21H2,1H3. The van der Waals surface area contributed by atoms with Gasteiger partial charge in [0.05, 0.1) is 30.0 Å². The molecular weight excluding hydrogens is 408 g/mol. The van der Waals surface area contributed by atoms with Gasteiger partial charge >= 0.3 is 0 Å². The molecule has 0 amide bonds. The number of rotatable bonds is 8. The van der Waals surface area contributed by atoms with Crippen LogP contribution in [0.4, 0.5) is 5.69 Å². The van der Waals surface area contributed by atoms with Crippen molar-refractivity contribution in [3.05, 3.63) is 23.9 Å². The Hall–Kier alpha value is -1.55. The van der Waals surface area contributed by atoms with Crippen molar-refractivity contribution in [1.29, 1.82) is 0 Å². The first-order valence-electron chi connectivity index (χ1n) is 9.95. The van der Waals surface area contributed by atoms with Crippen molar-refractivity contribution in [2.45, 2.75) is 11.7 Å². The van der Waals surface area contributed by atoms with Crippen LogP contribution in [0.5, 0.6) is 5.75 Å². The zero-order valence-electron chi connectivity index (χ0n) is 16.7. The lowest BCUT2D eigenvalue weighted by atomic mass is 10.2. The minimum absolute atomic E-state index is 0.444. The molecule has 2 aliphatic rings. The minimum atomic E-state index is -0.628. The van der Waals surface area contributed by atoms with Gasteiger partial charge in [-0.3, -0.25) is 9.20 Å². The number of methoxy groups -OCH3 is 1. The smallest absolute Gasteiger partial charge is 0.122 e. The predicted molar refractivity (Wildman–Crippen MR) is 122 cm³/mol. The number of aromatic amines is 1. The highest BCUT2D eigenvalue weighted by Crippen LogP contribution is 2.32. The van der Waals surface area contributed by atoms with Crippen LogP contribution in [-0.2, 0) is 15.5 Å². The van der Waals surface area contributed by atoms with Gasteiger partial charge in [0.1, 0.15) is 10.8 Å². The second-order valence-electron chi connectivity index (χ2n) is 7.39. The fraction of sp³-hybridized carbons (Fsp3) is 0.550. The van der Waals surface area contributed by atoms with Crippen molar-refractivity contribution in [3.8, 4) is 5.75 Å². The molecule has 2 aromatic rings. The van der Waals surface area contributed by atoms with Crippen LogP contribution in [-0.4, -0.2) is 82.4 Å². The molecule has 29 heavy (non-hydrogen) atoms. The largest absolute Gasteiger partial charge is 0.493 e. The molecule has 1 fully saturated rings. The van der Waals surface area contributed by atoms with Gasteiger partial charge in [0.25, 0.3) is 0 Å². The average Bonchev–Trinajstić information content (AvgIpc) is 3.34. The van der Waals surface area contributed by atoms with E-state index in [1.807, 2.05) is 23.9 Å². The molecule has 4 rings (SSSR count). The van der Waals surface area contributed by atoms with E-state index in [-0.39, 0.29) is 0 Å². The first-order valence-corrected chi connectivity index (χ1v) is 12.3. The Kier molecular flexibility index (Phi) is 6.79. The number of nitrogens with zero attached hydrogens (tertiary/aromatic N) is 2. The summed E-state index contributed by atoms with van der Waals surface area (Å²) in [6, 6.07) is 5.98. The van der Waals surface area contributed by atoms with Gasteiger partial charge < -0.3 is 25.1 Å². The summed E-state index contributed by atoms with van der Waals surface area (Å²) in [7, 11) is 1.06. The molecule has 3 N–H and O–H groups in total. The molecule has 1 unspecified atom stereocenters. The zero-order chi connectivity index (χ0) is 20.2. The number of hydrogen-bond donors (Lipinski definition) is 2. The Morgan fingerprint density at radius 3 is 2.93 bits per heavy atom. The number of nitrogens with two attached hydrogens (primary N) is 1. The Balaban J connectivity index is 1.39. The van der Waals surface area contributed by atoms with Gasteiger partial charge in [-0.05, 0) is 12.1 Å². The molecule has 1 aromatic carbocycles. The zero-order valence-corrected chi connectivity index (χ0v) is 18.3. The number of hydrogen-bond acceptors (Lipinski definition) is 7. The molecule has 9 heteroatoms. The van der Waals surface area contributed by atoms with Crippen molar-refractivity contribution in [3.63, 3.8) is 0 Å². The van der Waals surface area contributed by atoms with Gasteiger partial charge in [0.15, 0.2) is 0 Å². The maximum absolute atomic E-state index is 11.5. The molecular formula is C20H28N4O3S2. The van der Waals surface area contributed by atoms with Crippen molar-refractivity contribution in [2.24, 2.45) is 4.99 Å². The molecule has 2 aliphatic heterocycles. The number of fused-ring (bicyclic) bond motifs is 1. The highest BCUT2D eigenvalue weighted by molar-refractivity contribution is 8.15.